The molecule has 0 saturated carbocycles. The third-order valence-electron chi connectivity index (χ3n) is 2.61. The van der Waals surface area contributed by atoms with Gasteiger partial charge in [-0.15, -0.1) is 0 Å². The third kappa shape index (κ3) is 3.16. The Balaban J connectivity index is 2.37. The molecule has 0 fully saturated rings. The number of carboxylic acids is 1. The van der Waals surface area contributed by atoms with Crippen molar-refractivity contribution in [1.29, 1.82) is 0 Å². The highest BCUT2D eigenvalue weighted by atomic mass is 79.9. The van der Waals surface area contributed by atoms with Gasteiger partial charge in [0.1, 0.15) is 17.1 Å². The van der Waals surface area contributed by atoms with E-state index < -0.39 is 23.7 Å². The lowest BCUT2D eigenvalue weighted by Crippen LogP contribution is -2.10. The van der Waals surface area contributed by atoms with Crippen molar-refractivity contribution >= 4 is 21.9 Å². The van der Waals surface area contributed by atoms with Gasteiger partial charge in [-0.05, 0) is 11.6 Å². The van der Waals surface area contributed by atoms with Crippen LogP contribution in [0.25, 0.3) is 0 Å². The van der Waals surface area contributed by atoms with Gasteiger partial charge in [0.25, 0.3) is 6.43 Å². The van der Waals surface area contributed by atoms with Crippen molar-refractivity contribution in [3.63, 3.8) is 0 Å². The van der Waals surface area contributed by atoms with Gasteiger partial charge in [-0.1, -0.05) is 34.1 Å². The molecule has 0 atom stereocenters. The molecule has 0 aliphatic heterocycles. The zero-order valence-corrected chi connectivity index (χ0v) is 11.6. The highest BCUT2D eigenvalue weighted by molar-refractivity contribution is 9.10. The molecule has 0 aliphatic rings. The Morgan fingerprint density at radius 1 is 1.35 bits per heavy atom. The lowest BCUT2D eigenvalue weighted by Gasteiger charge is -2.07. The van der Waals surface area contributed by atoms with Gasteiger partial charge in [0.05, 0.1) is 0 Å². The molecule has 1 aromatic heterocycles. The average Bonchev–Trinajstić information content (AvgIpc) is 2.41. The van der Waals surface area contributed by atoms with Crippen molar-refractivity contribution in [3.8, 4) is 0 Å². The number of halogens is 3. The Kier molecular flexibility index (Phi) is 4.39. The predicted molar refractivity (Wildman–Crippen MR) is 70.9 cm³/mol. The zero-order chi connectivity index (χ0) is 14.7. The molecular formula is C13H9BrF2N2O2. The fraction of sp³-hybridized carbons (Fsp3) is 0.154. The molecule has 1 N–H and O–H groups in total. The maximum atomic E-state index is 12.8. The second-order valence-electron chi connectivity index (χ2n) is 3.96. The van der Waals surface area contributed by atoms with E-state index in [1.807, 2.05) is 12.1 Å². The molecule has 104 valence electrons. The summed E-state index contributed by atoms with van der Waals surface area (Å²) in [7, 11) is 0. The highest BCUT2D eigenvalue weighted by Gasteiger charge is 2.21. The molecule has 7 heteroatoms. The molecule has 0 saturated heterocycles. The first-order valence-electron chi connectivity index (χ1n) is 5.59. The second kappa shape index (κ2) is 6.04. The minimum Gasteiger partial charge on any atom is -0.478 e. The van der Waals surface area contributed by atoms with Crippen LogP contribution in [0.5, 0.6) is 0 Å². The van der Waals surface area contributed by atoms with Gasteiger partial charge in [0.15, 0.2) is 0 Å². The fourth-order valence-electron chi connectivity index (χ4n) is 1.66. The van der Waals surface area contributed by atoms with Crippen molar-refractivity contribution in [2.24, 2.45) is 0 Å². The van der Waals surface area contributed by atoms with E-state index in [-0.39, 0.29) is 12.2 Å². The van der Waals surface area contributed by atoms with Gasteiger partial charge >= 0.3 is 5.97 Å². The number of carboxylic acid groups (broad SMARTS) is 1. The number of benzene rings is 1. The molecule has 0 unspecified atom stereocenters. The van der Waals surface area contributed by atoms with Crippen LogP contribution >= 0.6 is 15.9 Å². The molecule has 0 amide bonds. The lowest BCUT2D eigenvalue weighted by molar-refractivity contribution is 0.0681. The van der Waals surface area contributed by atoms with Gasteiger partial charge in [-0.25, -0.2) is 23.5 Å². The standard InChI is InChI=1S/C13H9BrF2N2O2/c14-9-4-2-1-3-7(9)5-10-17-6-8(13(19)20)11(18-10)12(15)16/h1-4,6,12H,5H2,(H,19,20). The van der Waals surface area contributed by atoms with Gasteiger partial charge in [0.2, 0.25) is 0 Å². The number of aromatic nitrogens is 2. The Labute approximate surface area is 121 Å². The summed E-state index contributed by atoms with van der Waals surface area (Å²) in [6, 6.07) is 7.25. The SMILES string of the molecule is O=C(O)c1cnc(Cc2ccccc2Br)nc1C(F)F. The number of alkyl halides is 2. The Morgan fingerprint density at radius 2 is 2.05 bits per heavy atom. The summed E-state index contributed by atoms with van der Waals surface area (Å²) < 4.78 is 26.5. The predicted octanol–water partition coefficient (Wildman–Crippen LogP) is 3.47. The monoisotopic (exact) mass is 342 g/mol. The minimum absolute atomic E-state index is 0.150. The van der Waals surface area contributed by atoms with Crippen molar-refractivity contribution in [2.45, 2.75) is 12.8 Å². The molecule has 2 aromatic rings. The molecule has 1 heterocycles. The van der Waals surface area contributed by atoms with Crippen LogP contribution in [0.15, 0.2) is 34.9 Å². The first-order chi connectivity index (χ1) is 9.49. The Morgan fingerprint density at radius 3 is 2.65 bits per heavy atom. The van der Waals surface area contributed by atoms with Crippen molar-refractivity contribution in [1.82, 2.24) is 9.97 Å². The molecule has 0 bridgehead atoms. The number of hydrogen-bond acceptors (Lipinski definition) is 3. The van der Waals surface area contributed by atoms with E-state index in [2.05, 4.69) is 25.9 Å². The quantitative estimate of drug-likeness (QED) is 0.923. The molecule has 0 radical (unpaired) electrons. The number of hydrogen-bond donors (Lipinski definition) is 1. The van der Waals surface area contributed by atoms with Crippen LogP contribution in [0.2, 0.25) is 0 Å². The molecular weight excluding hydrogens is 334 g/mol. The van der Waals surface area contributed by atoms with E-state index >= 15 is 0 Å². The van der Waals surface area contributed by atoms with Crippen molar-refractivity contribution in [3.05, 3.63) is 57.6 Å². The van der Waals surface area contributed by atoms with Crippen LogP contribution in [0.4, 0.5) is 8.78 Å². The number of rotatable bonds is 4. The van der Waals surface area contributed by atoms with E-state index in [0.717, 1.165) is 16.2 Å². The summed E-state index contributed by atoms with van der Waals surface area (Å²) in [4.78, 5) is 18.3. The number of carbonyl (C=O) groups is 1. The van der Waals surface area contributed by atoms with Gasteiger partial charge in [0, 0.05) is 17.1 Å². The summed E-state index contributed by atoms with van der Waals surface area (Å²) in [5.41, 5.74) is -0.499. The van der Waals surface area contributed by atoms with E-state index in [0.29, 0.717) is 0 Å². The van der Waals surface area contributed by atoms with Crippen LogP contribution in [0.1, 0.15) is 33.9 Å². The first-order valence-corrected chi connectivity index (χ1v) is 6.39. The summed E-state index contributed by atoms with van der Waals surface area (Å²) >= 11 is 3.34. The average molecular weight is 343 g/mol. The fourth-order valence-corrected chi connectivity index (χ4v) is 2.09. The van der Waals surface area contributed by atoms with Gasteiger partial charge in [-0.2, -0.15) is 0 Å². The molecule has 4 nitrogen and oxygen atoms in total. The van der Waals surface area contributed by atoms with Crippen molar-refractivity contribution in [2.75, 3.05) is 0 Å². The maximum Gasteiger partial charge on any atom is 0.339 e. The second-order valence-corrected chi connectivity index (χ2v) is 4.81. The van der Waals surface area contributed by atoms with Crippen LogP contribution in [0, 0.1) is 0 Å². The minimum atomic E-state index is -2.96. The summed E-state index contributed by atoms with van der Waals surface area (Å²) in [5, 5.41) is 8.82. The molecule has 20 heavy (non-hydrogen) atoms. The largest absolute Gasteiger partial charge is 0.478 e. The van der Waals surface area contributed by atoms with Gasteiger partial charge < -0.3 is 5.11 Å². The van der Waals surface area contributed by atoms with Crippen LogP contribution in [0.3, 0.4) is 0 Å². The Bertz CT molecular complexity index is 650. The maximum absolute atomic E-state index is 12.8. The summed E-state index contributed by atoms with van der Waals surface area (Å²) in [6.45, 7) is 0. The lowest BCUT2D eigenvalue weighted by atomic mass is 10.1. The normalized spacial score (nSPS) is 10.8. The number of aromatic carboxylic acids is 1. The van der Waals surface area contributed by atoms with Gasteiger partial charge in [-0.3, -0.25) is 0 Å². The number of nitrogens with zero attached hydrogens (tertiary/aromatic N) is 2. The molecule has 0 aliphatic carbocycles. The van der Waals surface area contributed by atoms with E-state index in [1.165, 1.54) is 0 Å². The first kappa shape index (κ1) is 14.5. The Hall–Kier alpha value is -1.89. The highest BCUT2D eigenvalue weighted by Crippen LogP contribution is 2.22. The van der Waals surface area contributed by atoms with Crippen LogP contribution in [-0.4, -0.2) is 21.0 Å². The molecule has 1 aromatic carbocycles. The van der Waals surface area contributed by atoms with E-state index in [1.54, 1.807) is 12.1 Å². The summed E-state index contributed by atoms with van der Waals surface area (Å²) in [5.74, 6) is -1.31. The smallest absolute Gasteiger partial charge is 0.339 e. The summed E-state index contributed by atoms with van der Waals surface area (Å²) in [6.07, 6.45) is -1.80. The van der Waals surface area contributed by atoms with Crippen LogP contribution < -0.4 is 0 Å². The van der Waals surface area contributed by atoms with Crippen molar-refractivity contribution < 1.29 is 18.7 Å². The molecule has 2 rings (SSSR count). The zero-order valence-electron chi connectivity index (χ0n) is 10.1. The topological polar surface area (TPSA) is 63.1 Å². The third-order valence-corrected chi connectivity index (χ3v) is 3.39. The molecule has 0 spiro atoms. The van der Waals surface area contributed by atoms with Crippen LogP contribution in [-0.2, 0) is 6.42 Å². The van der Waals surface area contributed by atoms with E-state index in [4.69, 9.17) is 5.11 Å². The van der Waals surface area contributed by atoms with E-state index in [9.17, 15) is 13.6 Å².